The van der Waals surface area contributed by atoms with Crippen LogP contribution in [-0.2, 0) is 18.9 Å². The second-order valence-corrected chi connectivity index (χ2v) is 12.9. The molecule has 192 valence electrons. The van der Waals surface area contributed by atoms with Gasteiger partial charge in [-0.1, -0.05) is 50.0 Å². The van der Waals surface area contributed by atoms with Gasteiger partial charge in [-0.3, -0.25) is 0 Å². The minimum atomic E-state index is -0.595. The van der Waals surface area contributed by atoms with E-state index in [0.29, 0.717) is 23.7 Å². The third-order valence-corrected chi connectivity index (χ3v) is 13.6. The summed E-state index contributed by atoms with van der Waals surface area (Å²) in [5.74, 6) is 0.987. The maximum absolute atomic E-state index is 6.43. The van der Waals surface area contributed by atoms with Gasteiger partial charge < -0.3 is 18.9 Å². The first-order chi connectivity index (χ1) is 15.8. The summed E-state index contributed by atoms with van der Waals surface area (Å²) in [6, 6.07) is 0. The van der Waals surface area contributed by atoms with E-state index in [-0.39, 0.29) is 21.7 Å². The lowest BCUT2D eigenvalue weighted by molar-refractivity contribution is -0.288. The smallest absolute Gasteiger partial charge is 0.186 e. The van der Waals surface area contributed by atoms with Crippen molar-refractivity contribution in [1.29, 1.82) is 0 Å². The molecule has 0 N–H and O–H groups in total. The Bertz CT molecular complexity index is 824. The Morgan fingerprint density at radius 1 is 0.441 bits per heavy atom. The fourth-order valence-corrected chi connectivity index (χ4v) is 11.9. The lowest BCUT2D eigenvalue weighted by Crippen LogP contribution is -2.53. The molecule has 0 spiro atoms. The zero-order valence-electron chi connectivity index (χ0n) is 23.8. The molecule has 0 amide bonds. The average molecular weight is 473 g/mol. The molecule has 4 heteroatoms. The van der Waals surface area contributed by atoms with Crippen molar-refractivity contribution in [3.63, 3.8) is 0 Å². The van der Waals surface area contributed by atoms with E-state index < -0.39 is 11.6 Å². The summed E-state index contributed by atoms with van der Waals surface area (Å²) in [5.41, 5.74) is 5.48. The van der Waals surface area contributed by atoms with Crippen LogP contribution in [0.2, 0.25) is 0 Å². The highest BCUT2D eigenvalue weighted by atomic mass is 16.7. The molecule has 0 aromatic rings. The number of hydrogen-bond acceptors (Lipinski definition) is 4. The van der Waals surface area contributed by atoms with E-state index in [4.69, 9.17) is 18.9 Å². The van der Waals surface area contributed by atoms with Crippen molar-refractivity contribution in [3.05, 3.63) is 22.3 Å². The molecule has 0 unspecified atom stereocenters. The average Bonchev–Trinajstić information content (AvgIpc) is 3.19. The first kappa shape index (κ1) is 25.0. The van der Waals surface area contributed by atoms with Crippen molar-refractivity contribution in [3.8, 4) is 0 Å². The highest BCUT2D eigenvalue weighted by Crippen LogP contribution is 2.81. The van der Waals surface area contributed by atoms with Gasteiger partial charge in [0, 0.05) is 50.1 Å². The van der Waals surface area contributed by atoms with E-state index in [9.17, 15) is 0 Å². The lowest BCUT2D eigenvalue weighted by Gasteiger charge is -2.47. The quantitative estimate of drug-likeness (QED) is 0.335. The topological polar surface area (TPSA) is 36.9 Å². The molecule has 5 rings (SSSR count). The van der Waals surface area contributed by atoms with E-state index >= 15 is 0 Å². The molecule has 0 saturated heterocycles. The Kier molecular flexibility index (Phi) is 5.14. The van der Waals surface area contributed by atoms with Crippen LogP contribution >= 0.6 is 0 Å². The van der Waals surface area contributed by atoms with Crippen LogP contribution in [0.25, 0.3) is 0 Å². The first-order valence-electron chi connectivity index (χ1n) is 13.4. The number of fused-ring (bicyclic) bond motifs is 10. The molecule has 0 aromatic heterocycles. The van der Waals surface area contributed by atoms with Crippen molar-refractivity contribution in [2.45, 2.75) is 92.6 Å². The van der Waals surface area contributed by atoms with Crippen molar-refractivity contribution in [1.82, 2.24) is 0 Å². The zero-order chi connectivity index (χ0) is 25.3. The first-order valence-corrected chi connectivity index (χ1v) is 13.4. The predicted molar refractivity (Wildman–Crippen MR) is 135 cm³/mol. The second-order valence-electron chi connectivity index (χ2n) is 12.9. The molecular formula is C30H48O4. The molecular weight excluding hydrogens is 424 g/mol. The van der Waals surface area contributed by atoms with Gasteiger partial charge in [-0.25, -0.2) is 0 Å². The predicted octanol–water partition coefficient (Wildman–Crippen LogP) is 6.76. The fraction of sp³-hybridized carbons (Fsp3) is 0.867. The largest absolute Gasteiger partial charge is 0.351 e. The molecule has 0 aliphatic heterocycles. The second kappa shape index (κ2) is 7.00. The van der Waals surface area contributed by atoms with Crippen molar-refractivity contribution >= 4 is 0 Å². The summed E-state index contributed by atoms with van der Waals surface area (Å²) in [6.07, 6.45) is 4.77. The summed E-state index contributed by atoms with van der Waals surface area (Å²) in [7, 11) is 7.46. The molecule has 3 fully saturated rings. The summed E-state index contributed by atoms with van der Waals surface area (Å²) in [6.45, 7) is 19.1. The molecule has 4 bridgehead atoms. The van der Waals surface area contributed by atoms with E-state index in [1.54, 1.807) is 0 Å². The number of ether oxygens (including phenoxy) is 4. The fourth-order valence-electron chi connectivity index (χ4n) is 11.9. The van der Waals surface area contributed by atoms with Crippen LogP contribution in [0.5, 0.6) is 0 Å². The minimum absolute atomic E-state index is 0.115. The SMILES string of the molecule is COC1(OC)[C@@]2(C)C(C)=C(C)[C@@]1(C)[C@@H]1CC[C@H]3[C@@H](CC[C@H]12)[C@@]1(C)C(C)=C(C)[C@@]3(C)C1(OC)OC. The molecule has 0 aromatic carbocycles. The van der Waals surface area contributed by atoms with Crippen molar-refractivity contribution in [2.24, 2.45) is 45.3 Å². The van der Waals surface area contributed by atoms with E-state index in [0.717, 1.165) is 0 Å². The molecule has 34 heavy (non-hydrogen) atoms. The van der Waals surface area contributed by atoms with Crippen LogP contribution in [-0.4, -0.2) is 40.0 Å². The summed E-state index contributed by atoms with van der Waals surface area (Å²) >= 11 is 0. The number of hydrogen-bond donors (Lipinski definition) is 0. The summed E-state index contributed by atoms with van der Waals surface area (Å²) < 4.78 is 25.7. The Labute approximate surface area is 207 Å². The van der Waals surface area contributed by atoms with Crippen LogP contribution in [0.1, 0.15) is 81.1 Å². The van der Waals surface area contributed by atoms with E-state index in [1.807, 2.05) is 28.4 Å². The van der Waals surface area contributed by atoms with Crippen LogP contribution in [0.15, 0.2) is 22.3 Å². The minimum Gasteiger partial charge on any atom is -0.351 e. The number of rotatable bonds is 4. The molecule has 8 atom stereocenters. The maximum Gasteiger partial charge on any atom is 0.186 e. The van der Waals surface area contributed by atoms with Gasteiger partial charge >= 0.3 is 0 Å². The van der Waals surface area contributed by atoms with Gasteiger partial charge in [0.25, 0.3) is 0 Å². The molecule has 0 heterocycles. The lowest BCUT2D eigenvalue weighted by atomic mass is 9.56. The van der Waals surface area contributed by atoms with Crippen LogP contribution < -0.4 is 0 Å². The molecule has 3 saturated carbocycles. The third-order valence-electron chi connectivity index (χ3n) is 13.6. The Morgan fingerprint density at radius 2 is 0.618 bits per heavy atom. The molecule has 5 aliphatic carbocycles. The monoisotopic (exact) mass is 472 g/mol. The van der Waals surface area contributed by atoms with E-state index in [2.05, 4.69) is 55.4 Å². The van der Waals surface area contributed by atoms with Crippen molar-refractivity contribution in [2.75, 3.05) is 28.4 Å². The normalized spacial score (nSPS) is 50.5. The Morgan fingerprint density at radius 3 is 0.765 bits per heavy atom. The summed E-state index contributed by atoms with van der Waals surface area (Å²) in [5, 5.41) is 0. The van der Waals surface area contributed by atoms with Crippen LogP contribution in [0, 0.1) is 45.3 Å². The van der Waals surface area contributed by atoms with Crippen LogP contribution in [0.4, 0.5) is 0 Å². The highest BCUT2D eigenvalue weighted by molar-refractivity contribution is 5.47. The molecule has 5 aliphatic rings. The van der Waals surface area contributed by atoms with Crippen molar-refractivity contribution < 1.29 is 18.9 Å². The Balaban J connectivity index is 1.64. The van der Waals surface area contributed by atoms with Gasteiger partial charge in [-0.05, 0) is 77.0 Å². The molecule has 4 nitrogen and oxygen atoms in total. The molecule has 0 radical (unpaired) electrons. The third kappa shape index (κ3) is 1.96. The van der Waals surface area contributed by atoms with E-state index in [1.165, 1.54) is 48.0 Å². The highest BCUT2D eigenvalue weighted by Gasteiger charge is 2.82. The zero-order valence-corrected chi connectivity index (χ0v) is 23.8. The maximum atomic E-state index is 6.43. The summed E-state index contributed by atoms with van der Waals surface area (Å²) in [4.78, 5) is 0. The standard InChI is InChI=1S/C30H48O4/c1-17-18(2)26(6)22-15-16-24-23(14-13-21(22)25(17,5)29(26,31-9)32-10)27(7)19(3)20(4)28(24,8)30(27,33-11)34-12/h21-24H,13-16H2,1-12H3/t21-,22-,23-,24+,25+,26+,27-,28-/m1/s1. The van der Waals surface area contributed by atoms with Gasteiger partial charge in [-0.15, -0.1) is 0 Å². The van der Waals surface area contributed by atoms with Gasteiger partial charge in [-0.2, -0.15) is 0 Å². The van der Waals surface area contributed by atoms with Gasteiger partial charge in [0.15, 0.2) is 11.6 Å². The Hall–Kier alpha value is -0.680. The van der Waals surface area contributed by atoms with Gasteiger partial charge in [0.05, 0.1) is 0 Å². The number of methoxy groups -OCH3 is 4. The van der Waals surface area contributed by atoms with Crippen LogP contribution in [0.3, 0.4) is 0 Å². The van der Waals surface area contributed by atoms with Gasteiger partial charge in [0.1, 0.15) is 0 Å². The van der Waals surface area contributed by atoms with Gasteiger partial charge in [0.2, 0.25) is 0 Å².